The maximum atomic E-state index is 5.76. The average molecular weight is 340 g/mol. The predicted molar refractivity (Wildman–Crippen MR) is 112 cm³/mol. The molecule has 0 aromatic heterocycles. The quantitative estimate of drug-likeness (QED) is 0.238. The van der Waals surface area contributed by atoms with Gasteiger partial charge in [0.2, 0.25) is 0 Å². The van der Waals surface area contributed by atoms with Crippen LogP contribution in [0.3, 0.4) is 0 Å². The van der Waals surface area contributed by atoms with E-state index in [0.29, 0.717) is 0 Å². The fourth-order valence-corrected chi connectivity index (χ4v) is 3.93. The van der Waals surface area contributed by atoms with E-state index in [4.69, 9.17) is 5.73 Å². The average Bonchev–Trinajstić information content (AvgIpc) is 2.60. The number of rotatable bonds is 19. The molecule has 146 valence electrons. The summed E-state index contributed by atoms with van der Waals surface area (Å²) in [5.74, 6) is 1.86. The molecule has 1 heteroatoms. The maximum absolute atomic E-state index is 5.76. The number of hydrogen-bond donors (Lipinski definition) is 1. The highest BCUT2D eigenvalue weighted by Gasteiger charge is 2.12. The van der Waals surface area contributed by atoms with Crippen LogP contribution in [-0.4, -0.2) is 6.54 Å². The SMILES string of the molecule is CCCCCCCCCCCC(CCCC)CCC(CC)CCN. The third-order valence-corrected chi connectivity index (χ3v) is 5.82. The summed E-state index contributed by atoms with van der Waals surface area (Å²) in [6, 6.07) is 0. The second kappa shape index (κ2) is 19.3. The van der Waals surface area contributed by atoms with Crippen molar-refractivity contribution in [2.45, 2.75) is 130 Å². The van der Waals surface area contributed by atoms with Gasteiger partial charge in [0.25, 0.3) is 0 Å². The van der Waals surface area contributed by atoms with Crippen LogP contribution < -0.4 is 5.73 Å². The maximum Gasteiger partial charge on any atom is -0.00746 e. The molecule has 0 aliphatic rings. The first-order valence-corrected chi connectivity index (χ1v) is 11.5. The van der Waals surface area contributed by atoms with Crippen molar-refractivity contribution in [3.63, 3.8) is 0 Å². The Hall–Kier alpha value is -0.0400. The smallest absolute Gasteiger partial charge is 0.00746 e. The Morgan fingerprint density at radius 1 is 0.500 bits per heavy atom. The van der Waals surface area contributed by atoms with Crippen molar-refractivity contribution in [3.05, 3.63) is 0 Å². The lowest BCUT2D eigenvalue weighted by molar-refractivity contribution is 0.329. The third kappa shape index (κ3) is 15.5. The number of hydrogen-bond acceptors (Lipinski definition) is 1. The van der Waals surface area contributed by atoms with Crippen LogP contribution in [0.4, 0.5) is 0 Å². The Bertz CT molecular complexity index is 226. The van der Waals surface area contributed by atoms with Gasteiger partial charge in [-0.05, 0) is 24.8 Å². The summed E-state index contributed by atoms with van der Waals surface area (Å²) >= 11 is 0. The van der Waals surface area contributed by atoms with E-state index in [1.807, 2.05) is 0 Å². The molecule has 1 nitrogen and oxygen atoms in total. The van der Waals surface area contributed by atoms with Gasteiger partial charge in [-0.1, -0.05) is 124 Å². The Kier molecular flexibility index (Phi) is 19.3. The van der Waals surface area contributed by atoms with E-state index in [1.54, 1.807) is 0 Å². The summed E-state index contributed by atoms with van der Waals surface area (Å²) in [5.41, 5.74) is 5.76. The van der Waals surface area contributed by atoms with E-state index in [0.717, 1.165) is 18.4 Å². The van der Waals surface area contributed by atoms with E-state index >= 15 is 0 Å². The fraction of sp³-hybridized carbons (Fsp3) is 1.00. The summed E-state index contributed by atoms with van der Waals surface area (Å²) in [6.45, 7) is 7.84. The van der Waals surface area contributed by atoms with Crippen molar-refractivity contribution in [3.8, 4) is 0 Å². The molecule has 2 atom stereocenters. The predicted octanol–water partition coefficient (Wildman–Crippen LogP) is 7.87. The van der Waals surface area contributed by atoms with Crippen LogP contribution in [-0.2, 0) is 0 Å². The molecule has 0 saturated heterocycles. The number of nitrogens with two attached hydrogens (primary N) is 1. The molecule has 0 saturated carbocycles. The van der Waals surface area contributed by atoms with Crippen LogP contribution in [0.25, 0.3) is 0 Å². The third-order valence-electron chi connectivity index (χ3n) is 5.82. The molecule has 0 aromatic rings. The Morgan fingerprint density at radius 3 is 1.54 bits per heavy atom. The monoisotopic (exact) mass is 339 g/mol. The molecular formula is C23H49N. The van der Waals surface area contributed by atoms with E-state index in [2.05, 4.69) is 20.8 Å². The zero-order chi connectivity index (χ0) is 17.9. The highest BCUT2D eigenvalue weighted by molar-refractivity contribution is 4.65. The van der Waals surface area contributed by atoms with Crippen LogP contribution in [0, 0.1) is 11.8 Å². The lowest BCUT2D eigenvalue weighted by atomic mass is 9.86. The molecule has 2 unspecified atom stereocenters. The summed E-state index contributed by atoms with van der Waals surface area (Å²) in [4.78, 5) is 0. The van der Waals surface area contributed by atoms with Crippen molar-refractivity contribution in [1.29, 1.82) is 0 Å². The topological polar surface area (TPSA) is 26.0 Å². The fourth-order valence-electron chi connectivity index (χ4n) is 3.93. The molecule has 0 heterocycles. The second-order valence-electron chi connectivity index (χ2n) is 8.05. The molecule has 0 aliphatic carbocycles. The highest BCUT2D eigenvalue weighted by Crippen LogP contribution is 2.26. The van der Waals surface area contributed by atoms with Crippen LogP contribution in [0.15, 0.2) is 0 Å². The van der Waals surface area contributed by atoms with Crippen molar-refractivity contribution >= 4 is 0 Å². The summed E-state index contributed by atoms with van der Waals surface area (Å²) in [5, 5.41) is 0. The van der Waals surface area contributed by atoms with Gasteiger partial charge in [-0.15, -0.1) is 0 Å². The van der Waals surface area contributed by atoms with Gasteiger partial charge in [-0.25, -0.2) is 0 Å². The zero-order valence-electron chi connectivity index (χ0n) is 17.5. The molecule has 0 aliphatic heterocycles. The van der Waals surface area contributed by atoms with Gasteiger partial charge < -0.3 is 5.73 Å². The molecule has 0 rings (SSSR count). The van der Waals surface area contributed by atoms with E-state index in [-0.39, 0.29) is 0 Å². The Morgan fingerprint density at radius 2 is 1.00 bits per heavy atom. The summed E-state index contributed by atoms with van der Waals surface area (Å²) in [7, 11) is 0. The van der Waals surface area contributed by atoms with Gasteiger partial charge in [0, 0.05) is 0 Å². The Labute approximate surface area is 154 Å². The summed E-state index contributed by atoms with van der Waals surface area (Å²) in [6.07, 6.45) is 24.2. The molecule has 24 heavy (non-hydrogen) atoms. The standard InChI is InChI=1S/C23H49N/c1-4-7-9-10-11-12-13-14-15-17-23(16-8-5-2)19-18-22(6-3)20-21-24/h22-23H,4-21,24H2,1-3H3. The van der Waals surface area contributed by atoms with E-state index < -0.39 is 0 Å². The van der Waals surface area contributed by atoms with Crippen molar-refractivity contribution in [1.82, 2.24) is 0 Å². The number of unbranched alkanes of at least 4 members (excludes halogenated alkanes) is 9. The lowest BCUT2D eigenvalue weighted by Gasteiger charge is -2.20. The van der Waals surface area contributed by atoms with E-state index in [1.165, 1.54) is 109 Å². The van der Waals surface area contributed by atoms with Crippen LogP contribution in [0.2, 0.25) is 0 Å². The van der Waals surface area contributed by atoms with Gasteiger partial charge in [0.15, 0.2) is 0 Å². The summed E-state index contributed by atoms with van der Waals surface area (Å²) < 4.78 is 0. The molecule has 0 fully saturated rings. The molecule has 0 radical (unpaired) electrons. The van der Waals surface area contributed by atoms with Crippen LogP contribution >= 0.6 is 0 Å². The van der Waals surface area contributed by atoms with Crippen molar-refractivity contribution in [2.24, 2.45) is 17.6 Å². The van der Waals surface area contributed by atoms with Crippen LogP contribution in [0.5, 0.6) is 0 Å². The first-order valence-electron chi connectivity index (χ1n) is 11.5. The van der Waals surface area contributed by atoms with Gasteiger partial charge in [-0.3, -0.25) is 0 Å². The van der Waals surface area contributed by atoms with Gasteiger partial charge in [0.1, 0.15) is 0 Å². The molecule has 0 amide bonds. The minimum Gasteiger partial charge on any atom is -0.330 e. The first kappa shape index (κ1) is 24.0. The molecule has 2 N–H and O–H groups in total. The van der Waals surface area contributed by atoms with E-state index in [9.17, 15) is 0 Å². The van der Waals surface area contributed by atoms with Gasteiger partial charge >= 0.3 is 0 Å². The van der Waals surface area contributed by atoms with Gasteiger partial charge in [-0.2, -0.15) is 0 Å². The van der Waals surface area contributed by atoms with Crippen molar-refractivity contribution < 1.29 is 0 Å². The first-order chi connectivity index (χ1) is 11.8. The van der Waals surface area contributed by atoms with Gasteiger partial charge in [0.05, 0.1) is 0 Å². The minimum atomic E-state index is 0.871. The van der Waals surface area contributed by atoms with Crippen molar-refractivity contribution in [2.75, 3.05) is 6.54 Å². The lowest BCUT2D eigenvalue weighted by Crippen LogP contribution is -2.10. The highest BCUT2D eigenvalue weighted by atomic mass is 14.5. The van der Waals surface area contributed by atoms with Crippen LogP contribution in [0.1, 0.15) is 130 Å². The molecular weight excluding hydrogens is 290 g/mol. The Balaban J connectivity index is 3.74. The largest absolute Gasteiger partial charge is 0.330 e. The second-order valence-corrected chi connectivity index (χ2v) is 8.05. The molecule has 0 spiro atoms. The minimum absolute atomic E-state index is 0.871. The molecule has 0 bridgehead atoms. The zero-order valence-corrected chi connectivity index (χ0v) is 17.5. The molecule has 0 aromatic carbocycles. The normalized spacial score (nSPS) is 14.0.